The fourth-order valence-corrected chi connectivity index (χ4v) is 4.06. The molecular formula is C15H23IN6S2. The Morgan fingerprint density at radius 1 is 1.29 bits per heavy atom. The van der Waals surface area contributed by atoms with Gasteiger partial charge < -0.3 is 15.5 Å². The number of anilines is 1. The van der Waals surface area contributed by atoms with Crippen LogP contribution in [-0.4, -0.2) is 53.6 Å². The molecule has 1 saturated heterocycles. The van der Waals surface area contributed by atoms with Gasteiger partial charge in [-0.2, -0.15) is 0 Å². The summed E-state index contributed by atoms with van der Waals surface area (Å²) >= 11 is 3.41. The van der Waals surface area contributed by atoms with Crippen molar-refractivity contribution >= 4 is 57.7 Å². The first-order valence-corrected chi connectivity index (χ1v) is 9.58. The van der Waals surface area contributed by atoms with E-state index in [0.717, 1.165) is 56.4 Å². The van der Waals surface area contributed by atoms with Gasteiger partial charge in [-0.05, 0) is 13.3 Å². The number of aryl methyl sites for hydroxylation is 2. The quantitative estimate of drug-likeness (QED) is 0.310. The lowest BCUT2D eigenvalue weighted by Crippen LogP contribution is -2.51. The number of nitrogens with two attached hydrogens (primary N) is 1. The maximum Gasteiger partial charge on any atom is 0.191 e. The molecule has 1 fully saturated rings. The van der Waals surface area contributed by atoms with E-state index >= 15 is 0 Å². The van der Waals surface area contributed by atoms with Crippen molar-refractivity contribution in [2.45, 2.75) is 19.8 Å². The second-order valence-corrected chi connectivity index (χ2v) is 7.33. The standard InChI is InChI=1S/C15H22N6S2.HI/c1-12-11-23-13(19-12)3-2-4-17-14(16)20-6-8-21(9-7-20)15-18-5-10-22-15;/h5,10-11H,2-4,6-9H2,1H3,(H2,16,17);1H. The van der Waals surface area contributed by atoms with E-state index in [9.17, 15) is 0 Å². The molecule has 1 aliphatic rings. The van der Waals surface area contributed by atoms with Gasteiger partial charge in [-0.25, -0.2) is 9.97 Å². The highest BCUT2D eigenvalue weighted by molar-refractivity contribution is 14.0. The molecular weight excluding hydrogens is 455 g/mol. The van der Waals surface area contributed by atoms with Gasteiger partial charge in [-0.3, -0.25) is 4.99 Å². The molecule has 0 saturated carbocycles. The van der Waals surface area contributed by atoms with Crippen LogP contribution < -0.4 is 10.6 Å². The molecule has 6 nitrogen and oxygen atoms in total. The van der Waals surface area contributed by atoms with E-state index in [1.165, 1.54) is 5.01 Å². The largest absolute Gasteiger partial charge is 0.370 e. The summed E-state index contributed by atoms with van der Waals surface area (Å²) in [4.78, 5) is 17.8. The summed E-state index contributed by atoms with van der Waals surface area (Å²) in [5.41, 5.74) is 7.23. The van der Waals surface area contributed by atoms with Crippen molar-refractivity contribution < 1.29 is 0 Å². The van der Waals surface area contributed by atoms with Crippen LogP contribution in [0.4, 0.5) is 5.13 Å². The van der Waals surface area contributed by atoms with E-state index in [1.807, 2.05) is 18.5 Å². The molecule has 2 aromatic rings. The molecule has 2 aromatic heterocycles. The third kappa shape index (κ3) is 5.28. The molecule has 0 aliphatic carbocycles. The molecule has 0 radical (unpaired) electrons. The summed E-state index contributed by atoms with van der Waals surface area (Å²) in [6.07, 6.45) is 3.83. The Labute approximate surface area is 167 Å². The Morgan fingerprint density at radius 2 is 2.08 bits per heavy atom. The van der Waals surface area contributed by atoms with Gasteiger partial charge in [0, 0.05) is 61.8 Å². The van der Waals surface area contributed by atoms with Gasteiger partial charge in [0.15, 0.2) is 11.1 Å². The Hall–Kier alpha value is -0.940. The van der Waals surface area contributed by atoms with Crippen molar-refractivity contribution in [2.24, 2.45) is 10.7 Å². The van der Waals surface area contributed by atoms with Crippen molar-refractivity contribution in [1.29, 1.82) is 0 Å². The van der Waals surface area contributed by atoms with Crippen LogP contribution in [0.1, 0.15) is 17.1 Å². The van der Waals surface area contributed by atoms with E-state index in [2.05, 4.69) is 30.1 Å². The molecule has 9 heteroatoms. The number of rotatable bonds is 5. The van der Waals surface area contributed by atoms with Crippen molar-refractivity contribution in [2.75, 3.05) is 37.6 Å². The predicted molar refractivity (Wildman–Crippen MR) is 113 cm³/mol. The fraction of sp³-hybridized carbons (Fsp3) is 0.533. The summed E-state index contributed by atoms with van der Waals surface area (Å²) in [5.74, 6) is 0.666. The number of aliphatic imine (C=N–C) groups is 1. The SMILES string of the molecule is Cc1csc(CCCN=C(N)N2CCN(c3nccs3)CC2)n1.I. The topological polar surface area (TPSA) is 70.6 Å². The molecule has 24 heavy (non-hydrogen) atoms. The summed E-state index contributed by atoms with van der Waals surface area (Å²) in [6.45, 7) is 6.49. The van der Waals surface area contributed by atoms with Gasteiger partial charge in [-0.15, -0.1) is 46.7 Å². The van der Waals surface area contributed by atoms with E-state index in [4.69, 9.17) is 5.73 Å². The number of piperazine rings is 1. The summed E-state index contributed by atoms with van der Waals surface area (Å²) in [6, 6.07) is 0. The number of guanidine groups is 1. The van der Waals surface area contributed by atoms with Crippen LogP contribution >= 0.6 is 46.7 Å². The van der Waals surface area contributed by atoms with E-state index in [-0.39, 0.29) is 24.0 Å². The van der Waals surface area contributed by atoms with Gasteiger partial charge in [0.05, 0.1) is 5.01 Å². The molecule has 132 valence electrons. The highest BCUT2D eigenvalue weighted by Gasteiger charge is 2.19. The second-order valence-electron chi connectivity index (χ2n) is 5.51. The van der Waals surface area contributed by atoms with Crippen LogP contribution in [-0.2, 0) is 6.42 Å². The number of aromatic nitrogens is 2. The zero-order chi connectivity index (χ0) is 16.1. The van der Waals surface area contributed by atoms with Crippen LogP contribution in [0.5, 0.6) is 0 Å². The lowest BCUT2D eigenvalue weighted by Gasteiger charge is -2.35. The van der Waals surface area contributed by atoms with Gasteiger partial charge in [0.2, 0.25) is 0 Å². The molecule has 0 amide bonds. The lowest BCUT2D eigenvalue weighted by molar-refractivity contribution is 0.380. The fourth-order valence-electron chi connectivity index (χ4n) is 2.54. The number of thiazole rings is 2. The predicted octanol–water partition coefficient (Wildman–Crippen LogP) is 2.60. The third-order valence-corrected chi connectivity index (χ3v) is 5.64. The average Bonchev–Trinajstić information content (AvgIpc) is 3.23. The van der Waals surface area contributed by atoms with Gasteiger partial charge >= 0.3 is 0 Å². The van der Waals surface area contributed by atoms with Gasteiger partial charge in [0.1, 0.15) is 0 Å². The molecule has 0 aromatic carbocycles. The van der Waals surface area contributed by atoms with E-state index in [0.29, 0.717) is 5.96 Å². The Balaban J connectivity index is 0.00000208. The molecule has 2 N–H and O–H groups in total. The Bertz CT molecular complexity index is 634. The van der Waals surface area contributed by atoms with Crippen LogP contribution in [0, 0.1) is 6.92 Å². The number of hydrogen-bond acceptors (Lipinski definition) is 6. The molecule has 0 spiro atoms. The van der Waals surface area contributed by atoms with E-state index < -0.39 is 0 Å². The van der Waals surface area contributed by atoms with Gasteiger partial charge in [0.25, 0.3) is 0 Å². The van der Waals surface area contributed by atoms with Crippen molar-refractivity contribution in [3.63, 3.8) is 0 Å². The summed E-state index contributed by atoms with van der Waals surface area (Å²) in [7, 11) is 0. The maximum absolute atomic E-state index is 6.13. The number of halogens is 1. The van der Waals surface area contributed by atoms with Crippen LogP contribution in [0.15, 0.2) is 21.9 Å². The first-order valence-electron chi connectivity index (χ1n) is 7.82. The zero-order valence-corrected chi connectivity index (χ0v) is 17.7. The lowest BCUT2D eigenvalue weighted by atomic mass is 10.3. The minimum Gasteiger partial charge on any atom is -0.370 e. The number of nitrogens with zero attached hydrogens (tertiary/aromatic N) is 5. The smallest absolute Gasteiger partial charge is 0.191 e. The van der Waals surface area contributed by atoms with Crippen LogP contribution in [0.2, 0.25) is 0 Å². The Morgan fingerprint density at radius 3 is 2.71 bits per heavy atom. The minimum atomic E-state index is 0. The van der Waals surface area contributed by atoms with Crippen molar-refractivity contribution in [3.05, 3.63) is 27.7 Å². The average molecular weight is 478 g/mol. The summed E-state index contributed by atoms with van der Waals surface area (Å²) < 4.78 is 0. The second kappa shape index (κ2) is 9.52. The first-order chi connectivity index (χ1) is 11.2. The highest BCUT2D eigenvalue weighted by atomic mass is 127. The highest BCUT2D eigenvalue weighted by Crippen LogP contribution is 2.18. The molecule has 3 rings (SSSR count). The monoisotopic (exact) mass is 478 g/mol. The Kier molecular flexibility index (Phi) is 7.69. The molecule has 0 bridgehead atoms. The molecule has 3 heterocycles. The summed E-state index contributed by atoms with van der Waals surface area (Å²) in [5, 5.41) is 6.39. The first kappa shape index (κ1) is 19.4. The minimum absolute atomic E-state index is 0. The molecule has 1 aliphatic heterocycles. The van der Waals surface area contributed by atoms with Crippen molar-refractivity contribution in [3.8, 4) is 0 Å². The van der Waals surface area contributed by atoms with E-state index in [1.54, 1.807) is 22.7 Å². The maximum atomic E-state index is 6.13. The number of hydrogen-bond donors (Lipinski definition) is 1. The normalized spacial score (nSPS) is 15.5. The van der Waals surface area contributed by atoms with Gasteiger partial charge in [-0.1, -0.05) is 0 Å². The molecule has 0 atom stereocenters. The van der Waals surface area contributed by atoms with Crippen LogP contribution in [0.3, 0.4) is 0 Å². The zero-order valence-electron chi connectivity index (χ0n) is 13.7. The molecule has 0 unspecified atom stereocenters. The van der Waals surface area contributed by atoms with Crippen LogP contribution in [0.25, 0.3) is 0 Å². The third-order valence-electron chi connectivity index (χ3n) is 3.78. The van der Waals surface area contributed by atoms with Crippen molar-refractivity contribution in [1.82, 2.24) is 14.9 Å².